The van der Waals surface area contributed by atoms with Crippen LogP contribution in [0.3, 0.4) is 0 Å². The van der Waals surface area contributed by atoms with Crippen molar-refractivity contribution >= 4 is 9.76 Å². The SMILES string of the molecule is CCC(CC)[Si]O. The van der Waals surface area contributed by atoms with Gasteiger partial charge < -0.3 is 4.80 Å². The quantitative estimate of drug-likeness (QED) is 0.549. The van der Waals surface area contributed by atoms with Crippen LogP contribution < -0.4 is 0 Å². The Morgan fingerprint density at radius 1 is 1.43 bits per heavy atom. The molecule has 0 aromatic heterocycles. The van der Waals surface area contributed by atoms with E-state index in [1.165, 1.54) is 0 Å². The van der Waals surface area contributed by atoms with Gasteiger partial charge in [0.25, 0.3) is 0 Å². The van der Waals surface area contributed by atoms with E-state index in [1.807, 2.05) is 0 Å². The van der Waals surface area contributed by atoms with E-state index in [9.17, 15) is 0 Å². The van der Waals surface area contributed by atoms with Gasteiger partial charge >= 0.3 is 0 Å². The molecule has 42 valence electrons. The molecule has 0 saturated carbocycles. The Morgan fingerprint density at radius 3 is 1.86 bits per heavy atom. The molecule has 0 rings (SSSR count). The fourth-order valence-corrected chi connectivity index (χ4v) is 0.836. The number of hydrogen-bond donors (Lipinski definition) is 1. The monoisotopic (exact) mass is 116 g/mol. The second-order valence-electron chi connectivity index (χ2n) is 1.64. The summed E-state index contributed by atoms with van der Waals surface area (Å²) in [6.45, 7) is 4.22. The molecule has 2 heteroatoms. The van der Waals surface area contributed by atoms with Crippen LogP contribution in [0.25, 0.3) is 0 Å². The summed E-state index contributed by atoms with van der Waals surface area (Å²) in [5.41, 5.74) is 0.569. The first-order valence-corrected chi connectivity index (χ1v) is 3.77. The molecule has 0 atom stereocenters. The lowest BCUT2D eigenvalue weighted by Gasteiger charge is -2.02. The van der Waals surface area contributed by atoms with Gasteiger partial charge in [0.2, 0.25) is 9.76 Å². The zero-order chi connectivity index (χ0) is 5.70. The highest BCUT2D eigenvalue weighted by Gasteiger charge is 2.00. The van der Waals surface area contributed by atoms with E-state index in [1.54, 1.807) is 0 Å². The van der Waals surface area contributed by atoms with E-state index in [0.717, 1.165) is 12.8 Å². The lowest BCUT2D eigenvalue weighted by atomic mass is 10.3. The molecule has 0 unspecified atom stereocenters. The molecule has 0 bridgehead atoms. The maximum Gasteiger partial charge on any atom is 0.227 e. The van der Waals surface area contributed by atoms with Gasteiger partial charge in [0.1, 0.15) is 0 Å². The van der Waals surface area contributed by atoms with Gasteiger partial charge in [-0.05, 0) is 5.54 Å². The van der Waals surface area contributed by atoms with Crippen LogP contribution in [0, 0.1) is 0 Å². The molecule has 0 aliphatic rings. The van der Waals surface area contributed by atoms with Crippen molar-refractivity contribution in [2.75, 3.05) is 0 Å². The molecule has 0 spiro atoms. The summed E-state index contributed by atoms with van der Waals surface area (Å²) >= 11 is 0. The average Bonchev–Trinajstić information content (AvgIpc) is 1.72. The second-order valence-corrected chi connectivity index (χ2v) is 2.72. The summed E-state index contributed by atoms with van der Waals surface area (Å²) in [5.74, 6) is 0. The van der Waals surface area contributed by atoms with Crippen LogP contribution in [-0.4, -0.2) is 14.6 Å². The van der Waals surface area contributed by atoms with Crippen LogP contribution in [0.15, 0.2) is 0 Å². The molecule has 1 N–H and O–H groups in total. The fraction of sp³-hybridized carbons (Fsp3) is 1.00. The topological polar surface area (TPSA) is 20.2 Å². The molecule has 0 aromatic rings. The van der Waals surface area contributed by atoms with E-state index in [-0.39, 0.29) is 9.76 Å². The van der Waals surface area contributed by atoms with Gasteiger partial charge in [0.05, 0.1) is 0 Å². The van der Waals surface area contributed by atoms with Crippen LogP contribution >= 0.6 is 0 Å². The molecule has 0 saturated heterocycles. The first kappa shape index (κ1) is 7.18. The molecular formula is C5H12OSi. The smallest absolute Gasteiger partial charge is 0.227 e. The van der Waals surface area contributed by atoms with Crippen molar-refractivity contribution in [1.29, 1.82) is 0 Å². The van der Waals surface area contributed by atoms with E-state index in [0.29, 0.717) is 5.54 Å². The van der Waals surface area contributed by atoms with Crippen molar-refractivity contribution in [1.82, 2.24) is 0 Å². The lowest BCUT2D eigenvalue weighted by Crippen LogP contribution is -1.98. The van der Waals surface area contributed by atoms with Gasteiger partial charge in [-0.15, -0.1) is 0 Å². The Labute approximate surface area is 47.7 Å². The predicted molar refractivity (Wildman–Crippen MR) is 32.3 cm³/mol. The normalized spacial score (nSPS) is 10.3. The van der Waals surface area contributed by atoms with Crippen molar-refractivity contribution in [3.8, 4) is 0 Å². The maximum absolute atomic E-state index is 8.55. The Hall–Kier alpha value is 0.177. The molecule has 0 aromatic carbocycles. The first-order valence-electron chi connectivity index (χ1n) is 2.74. The highest BCUT2D eigenvalue weighted by atomic mass is 28.2. The zero-order valence-electron chi connectivity index (χ0n) is 4.94. The standard InChI is InChI=1S/C5H12OSi/c1-3-5(4-2)7-6/h5-6H,3-4H2,1-2H3. The molecular weight excluding hydrogens is 104 g/mol. The summed E-state index contributed by atoms with van der Waals surface area (Å²) in [4.78, 5) is 8.55. The molecule has 1 nitrogen and oxygen atoms in total. The summed E-state index contributed by atoms with van der Waals surface area (Å²) < 4.78 is 0. The summed E-state index contributed by atoms with van der Waals surface area (Å²) in [7, 11) is 0.149. The van der Waals surface area contributed by atoms with Crippen molar-refractivity contribution < 1.29 is 4.80 Å². The molecule has 7 heavy (non-hydrogen) atoms. The van der Waals surface area contributed by atoms with Crippen LogP contribution in [0.2, 0.25) is 5.54 Å². The maximum atomic E-state index is 8.55. The lowest BCUT2D eigenvalue weighted by molar-refractivity contribution is 0.562. The summed E-state index contributed by atoms with van der Waals surface area (Å²) in [6, 6.07) is 0. The number of rotatable bonds is 3. The van der Waals surface area contributed by atoms with Crippen molar-refractivity contribution in [3.05, 3.63) is 0 Å². The average molecular weight is 116 g/mol. The Kier molecular flexibility index (Phi) is 4.45. The van der Waals surface area contributed by atoms with Crippen LogP contribution in [0.1, 0.15) is 26.7 Å². The Bertz CT molecular complexity index is 29.6. The van der Waals surface area contributed by atoms with E-state index >= 15 is 0 Å². The summed E-state index contributed by atoms with van der Waals surface area (Å²) in [6.07, 6.45) is 2.23. The van der Waals surface area contributed by atoms with Gasteiger partial charge in [-0.2, -0.15) is 0 Å². The summed E-state index contributed by atoms with van der Waals surface area (Å²) in [5, 5.41) is 0. The third kappa shape index (κ3) is 2.82. The third-order valence-corrected chi connectivity index (χ3v) is 2.35. The molecule has 0 aliphatic heterocycles. The molecule has 0 heterocycles. The van der Waals surface area contributed by atoms with Gasteiger partial charge in [0, 0.05) is 0 Å². The van der Waals surface area contributed by atoms with E-state index in [4.69, 9.17) is 4.80 Å². The van der Waals surface area contributed by atoms with Crippen LogP contribution in [0.4, 0.5) is 0 Å². The highest BCUT2D eigenvalue weighted by Crippen LogP contribution is 2.10. The molecule has 0 aliphatic carbocycles. The predicted octanol–water partition coefficient (Wildman–Crippen LogP) is 1.21. The third-order valence-electron chi connectivity index (χ3n) is 1.17. The molecule has 0 amide bonds. The van der Waals surface area contributed by atoms with E-state index in [2.05, 4.69) is 13.8 Å². The van der Waals surface area contributed by atoms with E-state index < -0.39 is 0 Å². The minimum absolute atomic E-state index is 0.149. The Balaban J connectivity index is 2.99. The van der Waals surface area contributed by atoms with Gasteiger partial charge in [-0.25, -0.2) is 0 Å². The van der Waals surface area contributed by atoms with Crippen molar-refractivity contribution in [2.24, 2.45) is 0 Å². The first-order chi connectivity index (χ1) is 3.35. The van der Waals surface area contributed by atoms with Crippen LogP contribution in [0.5, 0.6) is 0 Å². The van der Waals surface area contributed by atoms with Crippen molar-refractivity contribution in [3.63, 3.8) is 0 Å². The molecule has 2 radical (unpaired) electrons. The van der Waals surface area contributed by atoms with Gasteiger partial charge in [-0.3, -0.25) is 0 Å². The molecule has 0 fully saturated rings. The Morgan fingerprint density at radius 2 is 1.86 bits per heavy atom. The minimum atomic E-state index is 0.149. The number of hydrogen-bond acceptors (Lipinski definition) is 1. The van der Waals surface area contributed by atoms with Crippen LogP contribution in [-0.2, 0) is 0 Å². The highest BCUT2D eigenvalue weighted by molar-refractivity contribution is 6.27. The fourth-order valence-electron chi connectivity index (χ4n) is 0.471. The zero-order valence-corrected chi connectivity index (χ0v) is 5.94. The van der Waals surface area contributed by atoms with Gasteiger partial charge in [0.15, 0.2) is 0 Å². The van der Waals surface area contributed by atoms with Crippen molar-refractivity contribution in [2.45, 2.75) is 32.2 Å². The van der Waals surface area contributed by atoms with Gasteiger partial charge in [-0.1, -0.05) is 26.7 Å². The largest absolute Gasteiger partial charge is 0.431 e. The second kappa shape index (κ2) is 4.34. The minimum Gasteiger partial charge on any atom is -0.431 e.